The van der Waals surface area contributed by atoms with Gasteiger partial charge in [-0.2, -0.15) is 0 Å². The zero-order valence-electron chi connectivity index (χ0n) is 6.57. The van der Waals surface area contributed by atoms with Crippen LogP contribution in [0.4, 0.5) is 4.79 Å². The lowest BCUT2D eigenvalue weighted by atomic mass is 10.3. The number of aliphatic hydroxyl groups excluding tert-OH is 1. The molecule has 3 amide bonds. The van der Waals surface area contributed by atoms with Crippen molar-refractivity contribution in [1.82, 2.24) is 4.90 Å². The number of carbonyl (C=O) groups is 2. The highest BCUT2D eigenvalue weighted by molar-refractivity contribution is 5.94. The highest BCUT2D eigenvalue weighted by Crippen LogP contribution is 1.97. The first-order valence-corrected chi connectivity index (χ1v) is 3.23. The third-order valence-electron chi connectivity index (χ3n) is 1.16. The molecule has 64 valence electrons. The van der Waals surface area contributed by atoms with Crippen molar-refractivity contribution in [1.29, 1.82) is 0 Å². The van der Waals surface area contributed by atoms with Crippen molar-refractivity contribution in [3.05, 3.63) is 0 Å². The molecule has 0 bridgehead atoms. The SMILES string of the molecule is CC(C)N(C(N)=O)C(=O)CO. The molecule has 0 heterocycles. The summed E-state index contributed by atoms with van der Waals surface area (Å²) < 4.78 is 0. The van der Waals surface area contributed by atoms with Gasteiger partial charge in [-0.05, 0) is 13.8 Å². The lowest BCUT2D eigenvalue weighted by molar-refractivity contribution is -0.132. The van der Waals surface area contributed by atoms with Gasteiger partial charge in [-0.3, -0.25) is 9.69 Å². The minimum Gasteiger partial charge on any atom is -0.387 e. The number of imide groups is 1. The number of nitrogens with zero attached hydrogens (tertiary/aromatic N) is 1. The van der Waals surface area contributed by atoms with Crippen LogP contribution in [0.5, 0.6) is 0 Å². The van der Waals surface area contributed by atoms with E-state index >= 15 is 0 Å². The normalized spacial score (nSPS) is 9.82. The van der Waals surface area contributed by atoms with Crippen LogP contribution in [0.25, 0.3) is 0 Å². The smallest absolute Gasteiger partial charge is 0.321 e. The van der Waals surface area contributed by atoms with Gasteiger partial charge in [0.1, 0.15) is 6.61 Å². The summed E-state index contributed by atoms with van der Waals surface area (Å²) in [5.41, 5.74) is 4.87. The maximum Gasteiger partial charge on any atom is 0.321 e. The molecule has 3 N–H and O–H groups in total. The Morgan fingerprint density at radius 1 is 1.55 bits per heavy atom. The van der Waals surface area contributed by atoms with Gasteiger partial charge in [-0.1, -0.05) is 0 Å². The average Bonchev–Trinajstić information content (AvgIpc) is 1.85. The van der Waals surface area contributed by atoms with E-state index < -0.39 is 18.5 Å². The largest absolute Gasteiger partial charge is 0.387 e. The molecule has 0 radical (unpaired) electrons. The Hall–Kier alpha value is -1.10. The number of primary amides is 1. The molecule has 0 saturated heterocycles. The van der Waals surface area contributed by atoms with E-state index in [2.05, 4.69) is 0 Å². The van der Waals surface area contributed by atoms with Crippen LogP contribution in [0.3, 0.4) is 0 Å². The molecule has 0 aromatic rings. The van der Waals surface area contributed by atoms with Crippen LogP contribution in [0.15, 0.2) is 0 Å². The summed E-state index contributed by atoms with van der Waals surface area (Å²) in [4.78, 5) is 22.1. The van der Waals surface area contributed by atoms with Crippen molar-refractivity contribution >= 4 is 11.9 Å². The summed E-state index contributed by atoms with van der Waals surface area (Å²) >= 11 is 0. The highest BCUT2D eigenvalue weighted by Gasteiger charge is 2.20. The van der Waals surface area contributed by atoms with Gasteiger partial charge in [0.25, 0.3) is 5.91 Å². The lowest BCUT2D eigenvalue weighted by Gasteiger charge is -2.20. The maximum atomic E-state index is 10.8. The van der Waals surface area contributed by atoms with Gasteiger partial charge in [0, 0.05) is 6.04 Å². The first-order chi connectivity index (χ1) is 5.00. The molecule has 0 rings (SSSR count). The third kappa shape index (κ3) is 2.55. The molecule has 0 fully saturated rings. The Morgan fingerprint density at radius 3 is 2.09 bits per heavy atom. The zero-order valence-corrected chi connectivity index (χ0v) is 6.57. The van der Waals surface area contributed by atoms with Crippen LogP contribution in [0.2, 0.25) is 0 Å². The van der Waals surface area contributed by atoms with Crippen molar-refractivity contribution in [2.45, 2.75) is 19.9 Å². The molecule has 0 aromatic heterocycles. The molecular formula is C6H12N2O3. The Bertz CT molecular complexity index is 167. The number of aliphatic hydroxyl groups is 1. The molecule has 0 aliphatic heterocycles. The topological polar surface area (TPSA) is 83.6 Å². The Kier molecular flexibility index (Phi) is 3.53. The fourth-order valence-electron chi connectivity index (χ4n) is 0.742. The molecule has 0 saturated carbocycles. The van der Waals surface area contributed by atoms with Crippen molar-refractivity contribution in [2.24, 2.45) is 5.73 Å². The highest BCUT2D eigenvalue weighted by atomic mass is 16.3. The first-order valence-electron chi connectivity index (χ1n) is 3.23. The van der Waals surface area contributed by atoms with Gasteiger partial charge in [0.2, 0.25) is 0 Å². The maximum absolute atomic E-state index is 10.8. The Balaban J connectivity index is 4.34. The van der Waals surface area contributed by atoms with E-state index in [0.717, 1.165) is 4.90 Å². The summed E-state index contributed by atoms with van der Waals surface area (Å²) in [6.07, 6.45) is 0. The van der Waals surface area contributed by atoms with Crippen molar-refractivity contribution in [2.75, 3.05) is 6.61 Å². The van der Waals surface area contributed by atoms with Crippen LogP contribution < -0.4 is 5.73 Å². The molecule has 0 atom stereocenters. The summed E-state index contributed by atoms with van der Waals surface area (Å²) in [6.45, 7) is 2.58. The van der Waals surface area contributed by atoms with Gasteiger partial charge < -0.3 is 10.8 Å². The summed E-state index contributed by atoms with van der Waals surface area (Å²) in [6, 6.07) is -1.15. The fourth-order valence-corrected chi connectivity index (χ4v) is 0.742. The van der Waals surface area contributed by atoms with Crippen molar-refractivity contribution in [3.8, 4) is 0 Å². The predicted molar refractivity (Wildman–Crippen MR) is 38.7 cm³/mol. The standard InChI is InChI=1S/C6H12N2O3/c1-4(2)8(6(7)11)5(10)3-9/h4,9H,3H2,1-2H3,(H2,7,11). The van der Waals surface area contributed by atoms with E-state index in [4.69, 9.17) is 10.8 Å². The second-order valence-corrected chi connectivity index (χ2v) is 2.35. The van der Waals surface area contributed by atoms with Crippen molar-refractivity contribution in [3.63, 3.8) is 0 Å². The summed E-state index contributed by atoms with van der Waals surface area (Å²) in [7, 11) is 0. The first kappa shape index (κ1) is 9.90. The minimum atomic E-state index is -0.834. The number of urea groups is 1. The van der Waals surface area contributed by atoms with Crippen LogP contribution in [-0.4, -0.2) is 34.6 Å². The molecule has 5 heteroatoms. The number of nitrogens with two attached hydrogens (primary N) is 1. The van der Waals surface area contributed by atoms with Gasteiger partial charge >= 0.3 is 6.03 Å². The number of hydrogen-bond acceptors (Lipinski definition) is 3. The molecular weight excluding hydrogens is 148 g/mol. The molecule has 0 unspecified atom stereocenters. The number of amides is 3. The number of carbonyl (C=O) groups excluding carboxylic acids is 2. The second-order valence-electron chi connectivity index (χ2n) is 2.35. The molecule has 0 aliphatic rings. The van der Waals surface area contributed by atoms with Gasteiger partial charge in [-0.25, -0.2) is 4.79 Å². The van der Waals surface area contributed by atoms with E-state index in [9.17, 15) is 9.59 Å². The van der Waals surface area contributed by atoms with Crippen LogP contribution in [0.1, 0.15) is 13.8 Å². The molecule has 0 aromatic carbocycles. The Morgan fingerprint density at radius 2 is 2.00 bits per heavy atom. The number of hydrogen-bond donors (Lipinski definition) is 2. The van der Waals surface area contributed by atoms with E-state index in [-0.39, 0.29) is 6.04 Å². The predicted octanol–water partition coefficient (Wildman–Crippen LogP) is -0.706. The quantitative estimate of drug-likeness (QED) is 0.560. The Labute approximate surface area is 64.8 Å². The van der Waals surface area contributed by atoms with E-state index in [1.165, 1.54) is 0 Å². The number of rotatable bonds is 2. The van der Waals surface area contributed by atoms with Gasteiger partial charge in [-0.15, -0.1) is 0 Å². The lowest BCUT2D eigenvalue weighted by Crippen LogP contribution is -2.46. The fraction of sp³-hybridized carbons (Fsp3) is 0.667. The van der Waals surface area contributed by atoms with Gasteiger partial charge in [0.05, 0.1) is 0 Å². The molecule has 5 nitrogen and oxygen atoms in total. The minimum absolute atomic E-state index is 0.313. The summed E-state index contributed by atoms with van der Waals surface area (Å²) in [5.74, 6) is -0.674. The van der Waals surface area contributed by atoms with Crippen LogP contribution in [-0.2, 0) is 4.79 Å². The van der Waals surface area contributed by atoms with Crippen LogP contribution in [0, 0.1) is 0 Å². The summed E-state index contributed by atoms with van der Waals surface area (Å²) in [5, 5.41) is 8.40. The average molecular weight is 160 g/mol. The second kappa shape index (κ2) is 3.92. The van der Waals surface area contributed by atoms with E-state index in [0.29, 0.717) is 0 Å². The van der Waals surface area contributed by atoms with E-state index in [1.54, 1.807) is 13.8 Å². The molecule has 11 heavy (non-hydrogen) atoms. The monoisotopic (exact) mass is 160 g/mol. The van der Waals surface area contributed by atoms with Crippen molar-refractivity contribution < 1.29 is 14.7 Å². The van der Waals surface area contributed by atoms with E-state index in [1.807, 2.05) is 0 Å². The molecule has 0 spiro atoms. The third-order valence-corrected chi connectivity index (χ3v) is 1.16. The van der Waals surface area contributed by atoms with Crippen LogP contribution >= 0.6 is 0 Å². The molecule has 0 aliphatic carbocycles. The zero-order chi connectivity index (χ0) is 9.02. The van der Waals surface area contributed by atoms with Gasteiger partial charge in [0.15, 0.2) is 0 Å².